The number of hydrogen-bond donors (Lipinski definition) is 1. The topological polar surface area (TPSA) is 42.0 Å². The third-order valence-corrected chi connectivity index (χ3v) is 4.78. The third-order valence-electron chi connectivity index (χ3n) is 3.62. The smallest absolute Gasteiger partial charge is 0.124 e. The van der Waals surface area contributed by atoms with E-state index in [4.69, 9.17) is 0 Å². The molecule has 0 aliphatic rings. The number of nitrogens with zero attached hydrogens (tertiary/aromatic N) is 1. The van der Waals surface area contributed by atoms with Crippen molar-refractivity contribution < 1.29 is 4.21 Å². The van der Waals surface area contributed by atoms with E-state index in [2.05, 4.69) is 35.7 Å². The molecule has 0 fully saturated rings. The standard InChI is InChI=1S/C17H22N2OS/c1-3-14(2)15-7-9-17(10-8-15)21(20)19-13-11-16-6-4-5-12-18-16/h4-10,12,14,19H,3,11,13H2,1-2H3. The monoisotopic (exact) mass is 302 g/mol. The maximum Gasteiger partial charge on any atom is 0.124 e. The van der Waals surface area contributed by atoms with Crippen LogP contribution in [0.2, 0.25) is 0 Å². The van der Waals surface area contributed by atoms with Crippen molar-refractivity contribution in [1.29, 1.82) is 0 Å². The van der Waals surface area contributed by atoms with Crippen LogP contribution in [0.1, 0.15) is 37.4 Å². The van der Waals surface area contributed by atoms with Crippen LogP contribution in [0.15, 0.2) is 53.6 Å². The number of rotatable bonds is 7. The number of pyridine rings is 1. The van der Waals surface area contributed by atoms with Crippen molar-refractivity contribution in [2.24, 2.45) is 0 Å². The molecule has 0 aliphatic heterocycles. The Morgan fingerprint density at radius 1 is 1.19 bits per heavy atom. The van der Waals surface area contributed by atoms with Gasteiger partial charge in [0, 0.05) is 24.9 Å². The minimum Gasteiger partial charge on any atom is -0.261 e. The number of aromatic nitrogens is 1. The van der Waals surface area contributed by atoms with Crippen LogP contribution < -0.4 is 4.72 Å². The quantitative estimate of drug-likeness (QED) is 0.851. The molecule has 0 saturated heterocycles. The Balaban J connectivity index is 1.86. The van der Waals surface area contributed by atoms with Crippen LogP contribution in [0, 0.1) is 0 Å². The molecule has 21 heavy (non-hydrogen) atoms. The van der Waals surface area contributed by atoms with Crippen molar-refractivity contribution in [2.75, 3.05) is 6.54 Å². The van der Waals surface area contributed by atoms with Gasteiger partial charge in [0.05, 0.1) is 4.90 Å². The first-order valence-electron chi connectivity index (χ1n) is 7.36. The maximum atomic E-state index is 12.2. The van der Waals surface area contributed by atoms with Crippen LogP contribution in [0.25, 0.3) is 0 Å². The van der Waals surface area contributed by atoms with E-state index in [1.807, 2.05) is 30.3 Å². The molecular formula is C17H22N2OS. The fourth-order valence-electron chi connectivity index (χ4n) is 2.06. The van der Waals surface area contributed by atoms with Crippen molar-refractivity contribution in [3.8, 4) is 0 Å². The van der Waals surface area contributed by atoms with E-state index in [0.29, 0.717) is 12.5 Å². The first-order valence-corrected chi connectivity index (χ1v) is 8.51. The fraction of sp³-hybridized carbons (Fsp3) is 0.353. The molecule has 1 aromatic carbocycles. The lowest BCUT2D eigenvalue weighted by atomic mass is 9.99. The summed E-state index contributed by atoms with van der Waals surface area (Å²) in [6.07, 6.45) is 3.67. The second-order valence-electron chi connectivity index (χ2n) is 5.11. The summed E-state index contributed by atoms with van der Waals surface area (Å²) in [7, 11) is -1.16. The van der Waals surface area contributed by atoms with Crippen LogP contribution in [0.3, 0.4) is 0 Å². The van der Waals surface area contributed by atoms with Gasteiger partial charge >= 0.3 is 0 Å². The summed E-state index contributed by atoms with van der Waals surface area (Å²) in [5.41, 5.74) is 2.31. The molecule has 2 rings (SSSR count). The molecule has 3 nitrogen and oxygen atoms in total. The average molecular weight is 302 g/mol. The van der Waals surface area contributed by atoms with Gasteiger partial charge in [0.2, 0.25) is 0 Å². The summed E-state index contributed by atoms with van der Waals surface area (Å²) in [4.78, 5) is 5.07. The van der Waals surface area contributed by atoms with Crippen LogP contribution >= 0.6 is 0 Å². The van der Waals surface area contributed by atoms with Gasteiger partial charge in [-0.3, -0.25) is 4.98 Å². The first kappa shape index (κ1) is 15.9. The van der Waals surface area contributed by atoms with E-state index in [1.54, 1.807) is 6.20 Å². The van der Waals surface area contributed by atoms with Gasteiger partial charge in [-0.1, -0.05) is 32.0 Å². The molecule has 1 aromatic heterocycles. The summed E-state index contributed by atoms with van der Waals surface area (Å²) < 4.78 is 15.2. The molecule has 4 heteroatoms. The predicted octanol–water partition coefficient (Wildman–Crippen LogP) is 3.45. The first-order chi connectivity index (χ1) is 10.2. The van der Waals surface area contributed by atoms with E-state index < -0.39 is 11.0 Å². The molecule has 0 bridgehead atoms. The summed E-state index contributed by atoms with van der Waals surface area (Å²) in [6.45, 7) is 5.03. The molecule has 0 radical (unpaired) electrons. The minimum atomic E-state index is -1.16. The maximum absolute atomic E-state index is 12.2. The van der Waals surface area contributed by atoms with Crippen LogP contribution in [-0.2, 0) is 17.4 Å². The second kappa shape index (κ2) is 8.05. The fourth-order valence-corrected chi connectivity index (χ4v) is 2.89. The predicted molar refractivity (Wildman–Crippen MR) is 87.5 cm³/mol. The van der Waals surface area contributed by atoms with E-state index in [9.17, 15) is 4.21 Å². The van der Waals surface area contributed by atoms with Crippen LogP contribution in [0.5, 0.6) is 0 Å². The van der Waals surface area contributed by atoms with Gasteiger partial charge in [-0.2, -0.15) is 0 Å². The van der Waals surface area contributed by atoms with Crippen LogP contribution in [-0.4, -0.2) is 15.7 Å². The van der Waals surface area contributed by atoms with E-state index in [0.717, 1.165) is 23.4 Å². The minimum absolute atomic E-state index is 0.546. The highest BCUT2D eigenvalue weighted by molar-refractivity contribution is 7.83. The average Bonchev–Trinajstić information content (AvgIpc) is 2.55. The van der Waals surface area contributed by atoms with Crippen molar-refractivity contribution >= 4 is 11.0 Å². The van der Waals surface area contributed by atoms with Gasteiger partial charge in [0.15, 0.2) is 0 Å². The Morgan fingerprint density at radius 2 is 1.95 bits per heavy atom. The Morgan fingerprint density at radius 3 is 2.57 bits per heavy atom. The van der Waals surface area contributed by atoms with Gasteiger partial charge in [-0.25, -0.2) is 8.93 Å². The van der Waals surface area contributed by atoms with Gasteiger partial charge < -0.3 is 0 Å². The highest BCUT2D eigenvalue weighted by Crippen LogP contribution is 2.19. The van der Waals surface area contributed by atoms with E-state index in [1.165, 1.54) is 5.56 Å². The highest BCUT2D eigenvalue weighted by Gasteiger charge is 2.06. The largest absolute Gasteiger partial charge is 0.261 e. The molecular weight excluding hydrogens is 280 g/mol. The molecule has 0 amide bonds. The highest BCUT2D eigenvalue weighted by atomic mass is 32.2. The van der Waals surface area contributed by atoms with E-state index in [-0.39, 0.29) is 0 Å². The van der Waals surface area contributed by atoms with Gasteiger partial charge in [0.25, 0.3) is 0 Å². The molecule has 1 N–H and O–H groups in total. The lowest BCUT2D eigenvalue weighted by Crippen LogP contribution is -2.20. The molecule has 0 spiro atoms. The van der Waals surface area contributed by atoms with E-state index >= 15 is 0 Å². The molecule has 2 aromatic rings. The normalized spacial score (nSPS) is 13.8. The van der Waals surface area contributed by atoms with Crippen molar-refractivity contribution in [2.45, 2.75) is 37.5 Å². The third kappa shape index (κ3) is 4.76. The van der Waals surface area contributed by atoms with Crippen molar-refractivity contribution in [3.63, 3.8) is 0 Å². The molecule has 112 valence electrons. The summed E-state index contributed by atoms with van der Waals surface area (Å²) in [5, 5.41) is 0. The SMILES string of the molecule is CCC(C)c1ccc(S(=O)NCCc2ccccn2)cc1. The summed E-state index contributed by atoms with van der Waals surface area (Å²) >= 11 is 0. The number of nitrogens with one attached hydrogen (secondary N) is 1. The molecule has 2 atom stereocenters. The summed E-state index contributed by atoms with van der Waals surface area (Å²) in [6, 6.07) is 13.9. The zero-order valence-corrected chi connectivity index (χ0v) is 13.4. The Labute approximate surface area is 129 Å². The van der Waals surface area contributed by atoms with Gasteiger partial charge in [-0.05, 0) is 42.2 Å². The Hall–Kier alpha value is -1.52. The Kier molecular flexibility index (Phi) is 6.08. The zero-order valence-electron chi connectivity index (χ0n) is 12.6. The lowest BCUT2D eigenvalue weighted by molar-refractivity contribution is 0.670. The van der Waals surface area contributed by atoms with Crippen LogP contribution in [0.4, 0.5) is 0 Å². The summed E-state index contributed by atoms with van der Waals surface area (Å²) in [5.74, 6) is 0.546. The molecule has 0 saturated carbocycles. The second-order valence-corrected chi connectivity index (χ2v) is 6.41. The number of hydrogen-bond acceptors (Lipinski definition) is 2. The lowest BCUT2D eigenvalue weighted by Gasteiger charge is -2.10. The Bertz CT molecular complexity index is 569. The van der Waals surface area contributed by atoms with Crippen molar-refractivity contribution in [3.05, 3.63) is 59.9 Å². The van der Waals surface area contributed by atoms with Gasteiger partial charge in [0.1, 0.15) is 11.0 Å². The molecule has 1 heterocycles. The van der Waals surface area contributed by atoms with Crippen molar-refractivity contribution in [1.82, 2.24) is 9.71 Å². The molecule has 0 aliphatic carbocycles. The zero-order chi connectivity index (χ0) is 15.1. The number of benzene rings is 1. The molecule has 2 unspecified atom stereocenters. The van der Waals surface area contributed by atoms with Gasteiger partial charge in [-0.15, -0.1) is 0 Å².